The van der Waals surface area contributed by atoms with E-state index in [4.69, 9.17) is 0 Å². The zero-order valence-electron chi connectivity index (χ0n) is 12.8. The van der Waals surface area contributed by atoms with Gasteiger partial charge in [0.1, 0.15) is 0 Å². The Morgan fingerprint density at radius 1 is 1.09 bits per heavy atom. The number of carbonyl (C=O) groups excluding carboxylic acids is 2. The van der Waals surface area contributed by atoms with E-state index in [1.807, 2.05) is 13.0 Å². The van der Waals surface area contributed by atoms with Gasteiger partial charge >= 0.3 is 0 Å². The Balaban J connectivity index is 2.00. The summed E-state index contributed by atoms with van der Waals surface area (Å²) >= 11 is 1.40. The van der Waals surface area contributed by atoms with E-state index < -0.39 is 9.84 Å². The maximum absolute atomic E-state index is 12.0. The first-order valence-electron chi connectivity index (χ1n) is 6.96. The zero-order valence-corrected chi connectivity index (χ0v) is 14.5. The molecule has 0 saturated carbocycles. The van der Waals surface area contributed by atoms with Crippen molar-refractivity contribution in [2.45, 2.75) is 24.7 Å². The second-order valence-electron chi connectivity index (χ2n) is 5.15. The molecule has 0 saturated heterocycles. The Kier molecular flexibility index (Phi) is 5.33. The number of rotatable bonds is 6. The van der Waals surface area contributed by atoms with Crippen LogP contribution >= 0.6 is 11.3 Å². The van der Waals surface area contributed by atoms with Gasteiger partial charge in [-0.05, 0) is 31.2 Å². The molecule has 0 bridgehead atoms. The molecule has 7 heteroatoms. The number of ketones is 1. The third kappa shape index (κ3) is 4.74. The minimum absolute atomic E-state index is 0.00781. The van der Waals surface area contributed by atoms with Crippen molar-refractivity contribution in [3.8, 4) is 0 Å². The summed E-state index contributed by atoms with van der Waals surface area (Å²) in [6.45, 7) is 1.91. The van der Waals surface area contributed by atoms with Crippen LogP contribution in [-0.2, 0) is 14.6 Å². The Labute approximate surface area is 139 Å². The molecule has 1 amide bonds. The number of hydrogen-bond donors (Lipinski definition) is 1. The van der Waals surface area contributed by atoms with Gasteiger partial charge in [0, 0.05) is 24.0 Å². The molecule has 0 fully saturated rings. The largest absolute Gasteiger partial charge is 0.325 e. The molecule has 0 aliphatic heterocycles. The van der Waals surface area contributed by atoms with Crippen LogP contribution in [0.3, 0.4) is 0 Å². The van der Waals surface area contributed by atoms with E-state index in [0.29, 0.717) is 4.88 Å². The van der Waals surface area contributed by atoms with Crippen molar-refractivity contribution >= 4 is 38.6 Å². The molecule has 5 nitrogen and oxygen atoms in total. The van der Waals surface area contributed by atoms with Crippen LogP contribution in [0.25, 0.3) is 0 Å². The van der Waals surface area contributed by atoms with Crippen molar-refractivity contribution in [2.75, 3.05) is 11.6 Å². The van der Waals surface area contributed by atoms with Crippen LogP contribution in [0.4, 0.5) is 5.69 Å². The lowest BCUT2D eigenvalue weighted by Gasteiger charge is -2.09. The van der Waals surface area contributed by atoms with E-state index in [-0.39, 0.29) is 35.1 Å². The number of thiophene rings is 1. The summed E-state index contributed by atoms with van der Waals surface area (Å²) in [5.74, 6) is -0.475. The molecular formula is C16H17NO4S2. The van der Waals surface area contributed by atoms with Crippen molar-refractivity contribution in [2.24, 2.45) is 0 Å². The van der Waals surface area contributed by atoms with Crippen LogP contribution in [0, 0.1) is 6.92 Å². The third-order valence-corrected chi connectivity index (χ3v) is 5.35. The number of hydrogen-bond acceptors (Lipinski definition) is 5. The zero-order chi connectivity index (χ0) is 17.0. The van der Waals surface area contributed by atoms with E-state index in [0.717, 1.165) is 11.1 Å². The summed E-state index contributed by atoms with van der Waals surface area (Å²) in [5.41, 5.74) is 0.236. The number of anilines is 1. The van der Waals surface area contributed by atoms with Crippen molar-refractivity contribution in [3.05, 3.63) is 46.2 Å². The van der Waals surface area contributed by atoms with Crippen LogP contribution in [-0.4, -0.2) is 26.4 Å². The van der Waals surface area contributed by atoms with Crippen LogP contribution in [0.1, 0.15) is 27.4 Å². The van der Waals surface area contributed by atoms with Gasteiger partial charge in [-0.2, -0.15) is 0 Å². The predicted octanol–water partition coefficient (Wildman–Crippen LogP) is 3.06. The van der Waals surface area contributed by atoms with E-state index in [9.17, 15) is 18.0 Å². The summed E-state index contributed by atoms with van der Waals surface area (Å²) in [7, 11) is -3.43. The number of amides is 1. The Morgan fingerprint density at radius 2 is 1.78 bits per heavy atom. The fourth-order valence-corrected chi connectivity index (χ4v) is 3.72. The molecule has 0 spiro atoms. The summed E-state index contributed by atoms with van der Waals surface area (Å²) < 4.78 is 23.4. The van der Waals surface area contributed by atoms with Crippen molar-refractivity contribution < 1.29 is 18.0 Å². The average molecular weight is 351 g/mol. The van der Waals surface area contributed by atoms with E-state index in [1.165, 1.54) is 23.5 Å². The average Bonchev–Trinajstić information content (AvgIpc) is 2.91. The van der Waals surface area contributed by atoms with Gasteiger partial charge in [-0.3, -0.25) is 9.59 Å². The fourth-order valence-electron chi connectivity index (χ4n) is 2.04. The van der Waals surface area contributed by atoms with Gasteiger partial charge in [0.2, 0.25) is 5.91 Å². The van der Waals surface area contributed by atoms with Gasteiger partial charge in [0.05, 0.1) is 15.5 Å². The Bertz CT molecular complexity index is 837. The number of para-hydroxylation sites is 1. The minimum atomic E-state index is -3.43. The lowest BCUT2D eigenvalue weighted by molar-refractivity contribution is -0.116. The maximum Gasteiger partial charge on any atom is 0.224 e. The van der Waals surface area contributed by atoms with Crippen LogP contribution < -0.4 is 5.32 Å². The van der Waals surface area contributed by atoms with Crippen LogP contribution in [0.5, 0.6) is 0 Å². The molecule has 23 heavy (non-hydrogen) atoms. The summed E-state index contributed by atoms with van der Waals surface area (Å²) in [5, 5.41) is 2.56. The van der Waals surface area contributed by atoms with E-state index in [1.54, 1.807) is 18.2 Å². The van der Waals surface area contributed by atoms with Gasteiger partial charge < -0.3 is 5.32 Å². The van der Waals surface area contributed by atoms with Crippen molar-refractivity contribution in [1.82, 2.24) is 0 Å². The van der Waals surface area contributed by atoms with Gasteiger partial charge in [-0.15, -0.1) is 11.3 Å². The lowest BCUT2D eigenvalue weighted by atomic mass is 10.2. The lowest BCUT2D eigenvalue weighted by Crippen LogP contribution is -2.15. The number of carbonyl (C=O) groups is 2. The molecule has 1 heterocycles. The maximum atomic E-state index is 12.0. The Morgan fingerprint density at radius 3 is 2.39 bits per heavy atom. The summed E-state index contributed by atoms with van der Waals surface area (Å²) in [6, 6.07) is 9.81. The highest BCUT2D eigenvalue weighted by Crippen LogP contribution is 2.21. The first-order valence-corrected chi connectivity index (χ1v) is 9.67. The standard InChI is InChI=1S/C16H17NO4S2/c1-11-7-9-14(22-11)13(18)8-10-16(19)17-12-5-3-4-6-15(12)23(2,20)21/h3-7,9H,8,10H2,1-2H3,(H,17,19). The highest BCUT2D eigenvalue weighted by atomic mass is 32.2. The number of aryl methyl sites for hydroxylation is 1. The third-order valence-electron chi connectivity index (χ3n) is 3.15. The van der Waals surface area contributed by atoms with E-state index in [2.05, 4.69) is 5.32 Å². The number of Topliss-reactive ketones (excluding diaryl/α,β-unsaturated/α-hetero) is 1. The highest BCUT2D eigenvalue weighted by molar-refractivity contribution is 7.90. The normalized spacial score (nSPS) is 11.2. The smallest absolute Gasteiger partial charge is 0.224 e. The quantitative estimate of drug-likeness (QED) is 0.811. The van der Waals surface area contributed by atoms with E-state index >= 15 is 0 Å². The molecule has 0 unspecified atom stereocenters. The Hall–Kier alpha value is -1.99. The van der Waals surface area contributed by atoms with Crippen molar-refractivity contribution in [3.63, 3.8) is 0 Å². The fraction of sp³-hybridized carbons (Fsp3) is 0.250. The molecular weight excluding hydrogens is 334 g/mol. The van der Waals surface area contributed by atoms with Crippen LogP contribution in [0.15, 0.2) is 41.3 Å². The molecule has 0 aliphatic carbocycles. The second-order valence-corrected chi connectivity index (χ2v) is 8.42. The SMILES string of the molecule is Cc1ccc(C(=O)CCC(=O)Nc2ccccc2S(C)(=O)=O)s1. The van der Waals surface area contributed by atoms with Gasteiger partial charge in [0.15, 0.2) is 15.6 Å². The van der Waals surface area contributed by atoms with Gasteiger partial charge in [0.25, 0.3) is 0 Å². The molecule has 2 aromatic rings. The number of benzene rings is 1. The first-order chi connectivity index (χ1) is 10.8. The summed E-state index contributed by atoms with van der Waals surface area (Å²) in [6.07, 6.45) is 1.18. The molecule has 1 aromatic heterocycles. The van der Waals surface area contributed by atoms with Crippen molar-refractivity contribution in [1.29, 1.82) is 0 Å². The molecule has 122 valence electrons. The summed E-state index contributed by atoms with van der Waals surface area (Å²) in [4.78, 5) is 25.7. The van der Waals surface area contributed by atoms with Gasteiger partial charge in [-0.1, -0.05) is 12.1 Å². The molecule has 0 aliphatic rings. The molecule has 1 aromatic carbocycles. The highest BCUT2D eigenvalue weighted by Gasteiger charge is 2.16. The number of nitrogens with one attached hydrogen (secondary N) is 1. The van der Waals surface area contributed by atoms with Gasteiger partial charge in [-0.25, -0.2) is 8.42 Å². The molecule has 1 N–H and O–H groups in total. The minimum Gasteiger partial charge on any atom is -0.325 e. The number of sulfone groups is 1. The first kappa shape index (κ1) is 17.4. The van der Waals surface area contributed by atoms with Crippen LogP contribution in [0.2, 0.25) is 0 Å². The topological polar surface area (TPSA) is 80.3 Å². The second kappa shape index (κ2) is 7.06. The molecule has 0 radical (unpaired) electrons. The molecule has 0 atom stereocenters. The molecule has 2 rings (SSSR count). The predicted molar refractivity (Wildman–Crippen MR) is 90.8 cm³/mol. The monoisotopic (exact) mass is 351 g/mol.